The van der Waals surface area contributed by atoms with Gasteiger partial charge in [0.25, 0.3) is 0 Å². The number of aromatic nitrogens is 7. The second kappa shape index (κ2) is 42.1. The molecule has 19 rings (SSSR count). The van der Waals surface area contributed by atoms with Gasteiger partial charge in [0.1, 0.15) is 23.1 Å². The van der Waals surface area contributed by atoms with Gasteiger partial charge in [-0.25, -0.2) is 4.39 Å². The summed E-state index contributed by atoms with van der Waals surface area (Å²) in [5, 5.41) is 19.5. The molecule has 2 atom stereocenters. The Labute approximate surface area is 750 Å². The Bertz CT molecular complexity index is 5760. The van der Waals surface area contributed by atoms with Crippen LogP contribution in [0.3, 0.4) is 0 Å². The molecule has 24 heteroatoms. The van der Waals surface area contributed by atoms with Crippen LogP contribution in [0.15, 0.2) is 187 Å². The molecule has 7 aliphatic rings. The van der Waals surface area contributed by atoms with Gasteiger partial charge in [0.2, 0.25) is 11.7 Å². The maximum Gasteiger partial charge on any atom is 0.309 e. The Morgan fingerprint density at radius 2 is 0.938 bits per heavy atom. The number of fused-ring (bicyclic) bond motifs is 6. The molecule has 128 heavy (non-hydrogen) atoms. The number of likely N-dealkylation sites (tertiary alicyclic amines) is 2. The fourth-order valence-corrected chi connectivity index (χ4v) is 20.3. The Morgan fingerprint density at radius 3 is 1.45 bits per heavy atom. The molecular formula is C104H125FN12O11. The molecular weight excluding hydrogens is 1610 g/mol. The number of aliphatic hydroxyl groups is 1. The number of benzene rings is 6. The first-order chi connectivity index (χ1) is 62.4. The Hall–Kier alpha value is -11.0. The van der Waals surface area contributed by atoms with Crippen molar-refractivity contribution in [2.24, 2.45) is 17.8 Å². The highest BCUT2D eigenvalue weighted by Gasteiger charge is 2.48. The lowest BCUT2D eigenvalue weighted by molar-refractivity contribution is -0.149. The number of piperidine rings is 3. The molecule has 2 saturated carbocycles. The van der Waals surface area contributed by atoms with Gasteiger partial charge in [-0.15, -0.1) is 0 Å². The van der Waals surface area contributed by atoms with Gasteiger partial charge in [-0.05, 0) is 248 Å². The lowest BCUT2D eigenvalue weighted by Crippen LogP contribution is -2.50. The number of hydrogen-bond donors (Lipinski definition) is 1. The van der Waals surface area contributed by atoms with Crippen LogP contribution >= 0.6 is 0 Å². The van der Waals surface area contributed by atoms with Crippen molar-refractivity contribution >= 4 is 72.7 Å². The molecule has 6 aromatic heterocycles. The molecule has 674 valence electrons. The van der Waals surface area contributed by atoms with E-state index < -0.39 is 5.60 Å². The lowest BCUT2D eigenvalue weighted by atomic mass is 9.80. The van der Waals surface area contributed by atoms with Gasteiger partial charge in [-0.3, -0.25) is 33.9 Å². The predicted octanol–water partition coefficient (Wildman–Crippen LogP) is 17.9. The monoisotopic (exact) mass is 1740 g/mol. The molecule has 1 N–H and O–H groups in total. The molecule has 0 amide bonds. The van der Waals surface area contributed by atoms with Crippen LogP contribution in [0.2, 0.25) is 0 Å². The average molecular weight is 1740 g/mol. The van der Waals surface area contributed by atoms with Gasteiger partial charge in [-0.2, -0.15) is 4.98 Å². The highest BCUT2D eigenvalue weighted by atomic mass is 19.1. The number of ether oxygens (including phenoxy) is 4. The molecule has 2 unspecified atom stereocenters. The van der Waals surface area contributed by atoms with Gasteiger partial charge < -0.3 is 66.4 Å². The minimum absolute atomic E-state index is 0.0481. The van der Waals surface area contributed by atoms with E-state index in [0.29, 0.717) is 49.1 Å². The van der Waals surface area contributed by atoms with Gasteiger partial charge >= 0.3 is 5.97 Å². The van der Waals surface area contributed by atoms with E-state index in [2.05, 4.69) is 113 Å². The lowest BCUT2D eigenvalue weighted by Gasteiger charge is -2.44. The first kappa shape index (κ1) is 90.4. The van der Waals surface area contributed by atoms with Crippen LogP contribution in [-0.2, 0) is 47.7 Å². The molecule has 11 heterocycles. The molecule has 2 aliphatic carbocycles. The number of methoxy groups -OCH3 is 3. The van der Waals surface area contributed by atoms with E-state index in [-0.39, 0.29) is 46.9 Å². The first-order valence-corrected chi connectivity index (χ1v) is 46.7. The van der Waals surface area contributed by atoms with E-state index >= 15 is 0 Å². The molecule has 12 aromatic rings. The van der Waals surface area contributed by atoms with Crippen molar-refractivity contribution in [3.8, 4) is 28.6 Å². The van der Waals surface area contributed by atoms with Crippen LogP contribution in [0.4, 0.5) is 4.39 Å². The maximum atomic E-state index is 13.3. The second-order valence-corrected chi connectivity index (χ2v) is 36.0. The molecule has 5 saturated heterocycles. The van der Waals surface area contributed by atoms with Crippen molar-refractivity contribution in [1.82, 2.24) is 57.9 Å². The summed E-state index contributed by atoms with van der Waals surface area (Å²) in [6.45, 7) is 22.6. The smallest absolute Gasteiger partial charge is 0.309 e. The summed E-state index contributed by atoms with van der Waals surface area (Å²) in [7, 11) is 5.07. The zero-order valence-electron chi connectivity index (χ0n) is 75.3. The molecule has 5 aliphatic heterocycles. The quantitative estimate of drug-likeness (QED) is 0.0305. The minimum Gasteiger partial charge on any atom is -0.495 e. The van der Waals surface area contributed by atoms with Crippen LogP contribution in [0.25, 0.3) is 55.0 Å². The normalized spacial score (nSPS) is 19.1. The van der Waals surface area contributed by atoms with E-state index in [4.69, 9.17) is 23.5 Å². The summed E-state index contributed by atoms with van der Waals surface area (Å²) in [5.74, 6) is 5.05. The number of Topliss-reactive ketones (excluding diaryl/α,β-unsaturated/α-hetero) is 4. The molecule has 2 bridgehead atoms. The minimum atomic E-state index is -0.877. The van der Waals surface area contributed by atoms with Gasteiger partial charge in [0.05, 0.1) is 56.0 Å². The van der Waals surface area contributed by atoms with Crippen LogP contribution in [0, 0.1) is 23.6 Å². The van der Waals surface area contributed by atoms with Gasteiger partial charge in [0, 0.05) is 174 Å². The van der Waals surface area contributed by atoms with Crippen LogP contribution in [0.1, 0.15) is 188 Å². The van der Waals surface area contributed by atoms with Crippen molar-refractivity contribution in [1.29, 1.82) is 0 Å². The van der Waals surface area contributed by atoms with Crippen molar-refractivity contribution in [3.05, 3.63) is 228 Å². The topological polar surface area (TPSA) is 230 Å². The standard InChI is InChI=1S/C29H37N3O2.C28H31N5O3.C25H27FN2O2.C22H30N2O4/c1-34-27-11-5-10-25-26(29(33)24-12-13-24)22-32(28(25)27)18-7-17-30-15-6-16-31(21-20-30)19-14-23-8-3-2-4-9-23;1-35-24-5-2-4-22-23(26(34)19-6-7-19)18-33(25(22)24)15-3-14-32-16-10-21(11-17-32)28-30-27(31-36-28)20-8-12-29-13-9-20;1-17(29)23-16-27(24-5-3-2-4-22(23)24)12-13-28-20-10-11-21(28)15-25(30,14-20)18-6-8-19(26)9-7-18;1-4-28-22(26)17-9-13-23(14-10-17)11-6-12-24-15-19(16(2)25)18-7-5-8-20(27-3)21(18)24/h2-5,8-11,22,24H,6-7,12-21H2,1H3;2,4-5,8-9,12-13,18-19,21H,3,6-7,10-11,14-17H2,1H3;2-9,16,20-21,30H,10-15H2,1H3;5,7-8,15,17H,4,6,9-14H2,1-3H3. The van der Waals surface area contributed by atoms with E-state index in [1.54, 1.807) is 59.7 Å². The fourth-order valence-electron chi connectivity index (χ4n) is 20.3. The Kier molecular flexibility index (Phi) is 29.7. The van der Waals surface area contributed by atoms with Crippen molar-refractivity contribution < 1.29 is 56.9 Å². The largest absolute Gasteiger partial charge is 0.495 e. The summed E-state index contributed by atoms with van der Waals surface area (Å²) < 4.78 is 49.7. The molecule has 7 fully saturated rings. The molecule has 23 nitrogen and oxygen atoms in total. The number of halogens is 1. The summed E-state index contributed by atoms with van der Waals surface area (Å²) in [4.78, 5) is 83.1. The van der Waals surface area contributed by atoms with E-state index in [9.17, 15) is 33.5 Å². The first-order valence-electron chi connectivity index (χ1n) is 46.7. The third-order valence-electron chi connectivity index (χ3n) is 27.5. The molecule has 0 spiro atoms. The number of aryl methyl sites for hydroxylation is 3. The van der Waals surface area contributed by atoms with Crippen LogP contribution in [0.5, 0.6) is 17.2 Å². The van der Waals surface area contributed by atoms with Crippen LogP contribution < -0.4 is 14.2 Å². The summed E-state index contributed by atoms with van der Waals surface area (Å²) >= 11 is 0. The Balaban J connectivity index is 0.000000126. The summed E-state index contributed by atoms with van der Waals surface area (Å²) in [6.07, 6.45) is 28.3. The number of para-hydroxylation sites is 4. The SMILES string of the molecule is CC(=O)c1cn(CCN2C3CCC2CC(O)(c2ccc(F)cc2)C3)c2ccccc12.CCOC(=O)C1CCN(CCCn2cc(C(C)=O)c3cccc(OC)c32)CC1.COc1cccc2c(C(=O)C3CC3)cn(CCCN3CCC(c4nc(-c5ccncc5)no4)CC3)c12.COc1cccc2c(C(=O)C3CC3)cn(CCCN3CCCN(CCc4ccccc4)CC3)c12. The zero-order chi connectivity index (χ0) is 88.8. The summed E-state index contributed by atoms with van der Waals surface area (Å²) in [5.41, 5.74) is 9.71. The number of rotatable bonds is 32. The zero-order valence-corrected chi connectivity index (χ0v) is 75.3. The average Bonchev–Trinajstić information content (AvgIpc) is 1.60. The number of nitrogens with zero attached hydrogens (tertiary/aromatic N) is 12. The number of carbonyl (C=O) groups is 5. The van der Waals surface area contributed by atoms with Gasteiger partial charge in [0.15, 0.2) is 23.1 Å². The predicted molar refractivity (Wildman–Crippen MR) is 498 cm³/mol. The molecule has 0 radical (unpaired) electrons. The van der Waals surface area contributed by atoms with Crippen molar-refractivity contribution in [3.63, 3.8) is 0 Å². The van der Waals surface area contributed by atoms with Crippen molar-refractivity contribution in [2.75, 3.05) is 113 Å². The second-order valence-electron chi connectivity index (χ2n) is 36.0. The number of carbonyl (C=O) groups excluding carboxylic acids is 5. The van der Waals surface area contributed by atoms with E-state index in [1.165, 1.54) is 37.2 Å². The molecule has 6 aromatic carbocycles. The Morgan fingerprint density at radius 1 is 0.469 bits per heavy atom. The maximum absolute atomic E-state index is 13.3. The van der Waals surface area contributed by atoms with E-state index in [0.717, 1.165) is 288 Å². The fraction of sp³-hybridized carbons (Fsp3) is 0.462. The number of pyridine rings is 1. The number of ketones is 4. The third-order valence-corrected chi connectivity index (χ3v) is 27.5. The number of hydrogen-bond acceptors (Lipinski definition) is 19. The number of esters is 1. The van der Waals surface area contributed by atoms with E-state index in [1.807, 2.05) is 98.2 Å². The highest BCUT2D eigenvalue weighted by Crippen LogP contribution is 2.47. The van der Waals surface area contributed by atoms with Crippen molar-refractivity contribution in [2.45, 2.75) is 180 Å². The third kappa shape index (κ3) is 21.4. The van der Waals surface area contributed by atoms with Crippen LogP contribution in [-0.4, -0.2) is 217 Å². The highest BCUT2D eigenvalue weighted by molar-refractivity contribution is 6.12. The van der Waals surface area contributed by atoms with Gasteiger partial charge in [-0.1, -0.05) is 102 Å². The summed E-state index contributed by atoms with van der Waals surface area (Å²) in [6, 6.07) is 47.5.